The van der Waals surface area contributed by atoms with Gasteiger partial charge in [0.25, 0.3) is 5.91 Å². The van der Waals surface area contributed by atoms with Crippen molar-refractivity contribution in [2.75, 3.05) is 26.1 Å². The van der Waals surface area contributed by atoms with Gasteiger partial charge in [-0.2, -0.15) is 0 Å². The number of carbonyl (C=O) groups is 2. The maximum atomic E-state index is 14.1. The molecule has 0 saturated heterocycles. The molecule has 9 heteroatoms. The molecule has 0 radical (unpaired) electrons. The highest BCUT2D eigenvalue weighted by Crippen LogP contribution is 2.42. The number of esters is 1. The van der Waals surface area contributed by atoms with Crippen molar-refractivity contribution in [3.05, 3.63) is 88.8 Å². The number of methoxy groups -OCH3 is 2. The first kappa shape index (κ1) is 30.6. The Morgan fingerprint density at radius 3 is 2.34 bits per heavy atom. The topological polar surface area (TPSA) is 96.0 Å². The molecule has 0 spiro atoms. The Morgan fingerprint density at radius 2 is 1.66 bits per heavy atom. The van der Waals surface area contributed by atoms with Gasteiger partial charge in [0.2, 0.25) is 0 Å². The summed E-state index contributed by atoms with van der Waals surface area (Å²) in [6.07, 6.45) is -0.344. The fourth-order valence-electron chi connectivity index (χ4n) is 5.02. The number of carbonyl (C=O) groups excluding carboxylic acids is 2. The number of pyridine rings is 1. The number of amides is 1. The first-order valence-corrected chi connectivity index (χ1v) is 15.1. The van der Waals surface area contributed by atoms with Crippen LogP contribution < -0.4 is 19.5 Å². The summed E-state index contributed by atoms with van der Waals surface area (Å²) < 4.78 is 22.3. The van der Waals surface area contributed by atoms with E-state index in [2.05, 4.69) is 5.32 Å². The number of rotatable bonds is 10. The molecule has 0 unspecified atom stereocenters. The number of anilines is 1. The zero-order valence-corrected chi connectivity index (χ0v) is 26.3. The monoisotopic (exact) mass is 610 g/mol. The SMILES string of the molecule is CCOc1ccc(-c2c(C)sc(NC(=O)c3cc(-c4cc(OC)ccc4OC)nc4ccccc34)c2C(=O)OC(C)C)cc1. The Balaban J connectivity index is 1.62. The van der Waals surface area contributed by atoms with Crippen LogP contribution >= 0.6 is 11.3 Å². The summed E-state index contributed by atoms with van der Waals surface area (Å²) >= 11 is 1.33. The van der Waals surface area contributed by atoms with E-state index in [1.165, 1.54) is 11.3 Å². The molecule has 0 atom stereocenters. The summed E-state index contributed by atoms with van der Waals surface area (Å²) in [7, 11) is 3.17. The second kappa shape index (κ2) is 13.2. The van der Waals surface area contributed by atoms with Crippen molar-refractivity contribution in [3.63, 3.8) is 0 Å². The second-order valence-electron chi connectivity index (χ2n) is 10.2. The summed E-state index contributed by atoms with van der Waals surface area (Å²) in [5.74, 6) is 1.06. The van der Waals surface area contributed by atoms with E-state index in [4.69, 9.17) is 23.9 Å². The van der Waals surface area contributed by atoms with E-state index in [0.717, 1.165) is 16.2 Å². The van der Waals surface area contributed by atoms with Crippen LogP contribution in [0.2, 0.25) is 0 Å². The van der Waals surface area contributed by atoms with E-state index in [-0.39, 0.29) is 12.0 Å². The smallest absolute Gasteiger partial charge is 0.342 e. The van der Waals surface area contributed by atoms with E-state index in [1.807, 2.05) is 68.4 Å². The third-order valence-corrected chi connectivity index (χ3v) is 7.98. The van der Waals surface area contributed by atoms with E-state index in [9.17, 15) is 9.59 Å². The normalized spacial score (nSPS) is 11.0. The summed E-state index contributed by atoms with van der Waals surface area (Å²) in [5.41, 5.74) is 4.09. The minimum Gasteiger partial charge on any atom is -0.497 e. The standard InChI is InChI=1S/C35H34N2O6S/c1-7-42-23-14-12-22(13-15-23)31-21(4)44-34(32(31)35(39)43-20(2)3)37-33(38)26-19-29(36-28-11-9-8-10-25(26)28)27-18-24(40-5)16-17-30(27)41-6/h8-20H,7H2,1-6H3,(H,37,38). The minimum atomic E-state index is -0.509. The molecule has 2 aromatic heterocycles. The third-order valence-electron chi connectivity index (χ3n) is 6.96. The molecular weight excluding hydrogens is 576 g/mol. The van der Waals surface area contributed by atoms with Gasteiger partial charge in [0.15, 0.2) is 0 Å². The quantitative estimate of drug-likeness (QED) is 0.159. The summed E-state index contributed by atoms with van der Waals surface area (Å²) in [4.78, 5) is 33.3. The molecule has 0 saturated carbocycles. The highest BCUT2D eigenvalue weighted by Gasteiger charge is 2.27. The van der Waals surface area contributed by atoms with Crippen molar-refractivity contribution in [1.29, 1.82) is 0 Å². The Labute approximate surface area is 260 Å². The van der Waals surface area contributed by atoms with Gasteiger partial charge in [-0.1, -0.05) is 30.3 Å². The number of nitrogens with zero attached hydrogens (tertiary/aromatic N) is 1. The molecule has 226 valence electrons. The Morgan fingerprint density at radius 1 is 0.932 bits per heavy atom. The third kappa shape index (κ3) is 6.23. The van der Waals surface area contributed by atoms with Crippen molar-refractivity contribution >= 4 is 39.1 Å². The first-order chi connectivity index (χ1) is 21.2. The number of aromatic nitrogens is 1. The van der Waals surface area contributed by atoms with Crippen LogP contribution in [0.15, 0.2) is 72.8 Å². The number of fused-ring (bicyclic) bond motifs is 1. The molecule has 2 heterocycles. The van der Waals surface area contributed by atoms with Crippen LogP contribution in [-0.4, -0.2) is 43.8 Å². The molecule has 1 N–H and O–H groups in total. The number of ether oxygens (including phenoxy) is 4. The maximum absolute atomic E-state index is 14.1. The van der Waals surface area contributed by atoms with Gasteiger partial charge in [-0.15, -0.1) is 11.3 Å². The molecule has 5 rings (SSSR count). The largest absolute Gasteiger partial charge is 0.497 e. The number of hydrogen-bond acceptors (Lipinski definition) is 8. The number of aryl methyl sites for hydroxylation is 1. The molecule has 0 aliphatic carbocycles. The average molecular weight is 611 g/mol. The van der Waals surface area contributed by atoms with Gasteiger partial charge < -0.3 is 24.3 Å². The lowest BCUT2D eigenvalue weighted by molar-refractivity contribution is 0.0380. The first-order valence-electron chi connectivity index (χ1n) is 14.2. The van der Waals surface area contributed by atoms with E-state index in [0.29, 0.717) is 62.0 Å². The average Bonchev–Trinajstić information content (AvgIpc) is 3.35. The Hall–Kier alpha value is -4.89. The molecule has 0 aliphatic rings. The molecule has 0 aliphatic heterocycles. The zero-order chi connectivity index (χ0) is 31.4. The number of thiophene rings is 1. The molecule has 8 nitrogen and oxygen atoms in total. The van der Waals surface area contributed by atoms with Crippen LogP contribution in [0.1, 0.15) is 46.4 Å². The number of benzene rings is 3. The van der Waals surface area contributed by atoms with Gasteiger partial charge in [0.1, 0.15) is 27.8 Å². The molecule has 5 aromatic rings. The number of nitrogens with one attached hydrogen (secondary N) is 1. The lowest BCUT2D eigenvalue weighted by Gasteiger charge is -2.14. The van der Waals surface area contributed by atoms with Crippen molar-refractivity contribution in [2.45, 2.75) is 33.8 Å². The predicted molar refractivity (Wildman–Crippen MR) is 174 cm³/mol. The van der Waals surface area contributed by atoms with Gasteiger partial charge >= 0.3 is 5.97 Å². The Bertz CT molecular complexity index is 1830. The Kier molecular flexibility index (Phi) is 9.15. The molecule has 0 fully saturated rings. The lowest BCUT2D eigenvalue weighted by atomic mass is 10.0. The maximum Gasteiger partial charge on any atom is 0.342 e. The van der Waals surface area contributed by atoms with Crippen LogP contribution in [0.4, 0.5) is 5.00 Å². The summed E-state index contributed by atoms with van der Waals surface area (Å²) in [5, 5.41) is 4.11. The van der Waals surface area contributed by atoms with Crippen molar-refractivity contribution < 1.29 is 28.5 Å². The number of para-hydroxylation sites is 1. The van der Waals surface area contributed by atoms with Gasteiger partial charge in [-0.25, -0.2) is 9.78 Å². The van der Waals surface area contributed by atoms with Crippen molar-refractivity contribution in [2.24, 2.45) is 0 Å². The molecule has 1 amide bonds. The number of hydrogen-bond donors (Lipinski definition) is 1. The molecule has 3 aromatic carbocycles. The van der Waals surface area contributed by atoms with E-state index < -0.39 is 5.97 Å². The highest BCUT2D eigenvalue weighted by molar-refractivity contribution is 7.17. The second-order valence-corrected chi connectivity index (χ2v) is 11.5. The van der Waals surface area contributed by atoms with Crippen LogP contribution in [0, 0.1) is 6.92 Å². The van der Waals surface area contributed by atoms with Gasteiger partial charge in [0, 0.05) is 21.4 Å². The van der Waals surface area contributed by atoms with Gasteiger partial charge in [-0.05, 0) is 75.7 Å². The fraction of sp³-hybridized carbons (Fsp3) is 0.229. The van der Waals surface area contributed by atoms with Crippen molar-refractivity contribution in [3.8, 4) is 39.6 Å². The fourth-order valence-corrected chi connectivity index (χ4v) is 6.08. The highest BCUT2D eigenvalue weighted by atomic mass is 32.1. The lowest BCUT2D eigenvalue weighted by Crippen LogP contribution is -2.17. The van der Waals surface area contributed by atoms with Crippen molar-refractivity contribution in [1.82, 2.24) is 4.98 Å². The minimum absolute atomic E-state index is 0.312. The zero-order valence-electron chi connectivity index (χ0n) is 25.5. The van der Waals surface area contributed by atoms with E-state index in [1.54, 1.807) is 46.3 Å². The molecular formula is C35H34N2O6S. The van der Waals surface area contributed by atoms with Crippen LogP contribution in [0.5, 0.6) is 17.2 Å². The summed E-state index contributed by atoms with van der Waals surface area (Å²) in [6, 6.07) is 22.1. The molecule has 0 bridgehead atoms. The van der Waals surface area contributed by atoms with Gasteiger partial charge in [-0.3, -0.25) is 4.79 Å². The summed E-state index contributed by atoms with van der Waals surface area (Å²) in [6.45, 7) is 7.99. The van der Waals surface area contributed by atoms with E-state index >= 15 is 0 Å². The van der Waals surface area contributed by atoms with Crippen LogP contribution in [-0.2, 0) is 4.74 Å². The van der Waals surface area contributed by atoms with Crippen LogP contribution in [0.3, 0.4) is 0 Å². The molecule has 44 heavy (non-hydrogen) atoms. The predicted octanol–water partition coefficient (Wildman–Crippen LogP) is 8.17. The van der Waals surface area contributed by atoms with Gasteiger partial charge in [0.05, 0.1) is 43.7 Å². The van der Waals surface area contributed by atoms with Crippen LogP contribution in [0.25, 0.3) is 33.3 Å².